The summed E-state index contributed by atoms with van der Waals surface area (Å²) in [6.45, 7) is 5.02. The van der Waals surface area contributed by atoms with E-state index in [-0.39, 0.29) is 23.7 Å². The van der Waals surface area contributed by atoms with Crippen molar-refractivity contribution in [2.24, 2.45) is 11.8 Å². The van der Waals surface area contributed by atoms with E-state index in [0.29, 0.717) is 23.1 Å². The molecule has 1 heterocycles. The number of benzene rings is 1. The van der Waals surface area contributed by atoms with Crippen LogP contribution in [0.2, 0.25) is 0 Å². The van der Waals surface area contributed by atoms with Gasteiger partial charge in [0.15, 0.2) is 0 Å². The topological polar surface area (TPSA) is 40.5 Å². The average Bonchev–Trinajstić information content (AvgIpc) is 2.70. The maximum atomic E-state index is 13.9. The normalized spacial score (nSPS) is 25.5. The van der Waals surface area contributed by atoms with Gasteiger partial charge in [0.25, 0.3) is 0 Å². The van der Waals surface area contributed by atoms with Gasteiger partial charge in [-0.05, 0) is 25.0 Å². The van der Waals surface area contributed by atoms with Gasteiger partial charge in [0.2, 0.25) is 0 Å². The Balaban J connectivity index is 2.17. The molecule has 0 aromatic heterocycles. The molecule has 1 fully saturated rings. The van der Waals surface area contributed by atoms with Gasteiger partial charge in [0, 0.05) is 29.2 Å². The van der Waals surface area contributed by atoms with Gasteiger partial charge in [-0.2, -0.15) is 0 Å². The minimum atomic E-state index is -0.765. The first-order chi connectivity index (χ1) is 8.90. The molecule has 1 N–H and O–H groups in total. The number of hydrogen-bond donors (Lipinski definition) is 1. The van der Waals surface area contributed by atoms with Crippen LogP contribution >= 0.6 is 15.9 Å². The quantitative estimate of drug-likeness (QED) is 0.924. The zero-order chi connectivity index (χ0) is 14.2. The molecular formula is C14H17BrFNO2. The van der Waals surface area contributed by atoms with E-state index in [2.05, 4.69) is 15.9 Å². The zero-order valence-corrected chi connectivity index (χ0v) is 12.5. The number of carboxylic acid groups (broad SMARTS) is 1. The van der Waals surface area contributed by atoms with Crippen molar-refractivity contribution in [3.05, 3.63) is 34.1 Å². The molecular weight excluding hydrogens is 313 g/mol. The van der Waals surface area contributed by atoms with Gasteiger partial charge >= 0.3 is 5.97 Å². The Morgan fingerprint density at radius 3 is 2.74 bits per heavy atom. The second kappa shape index (κ2) is 5.59. The molecule has 1 aromatic carbocycles. The summed E-state index contributed by atoms with van der Waals surface area (Å²) < 4.78 is 14.6. The summed E-state index contributed by atoms with van der Waals surface area (Å²) in [5.74, 6) is -1.29. The van der Waals surface area contributed by atoms with E-state index in [9.17, 15) is 9.18 Å². The molecule has 104 valence electrons. The van der Waals surface area contributed by atoms with Crippen molar-refractivity contribution < 1.29 is 14.3 Å². The summed E-state index contributed by atoms with van der Waals surface area (Å²) in [5.41, 5.74) is 0.612. The van der Waals surface area contributed by atoms with Crippen LogP contribution in [-0.4, -0.2) is 29.1 Å². The number of nitrogens with zero attached hydrogens (tertiary/aromatic N) is 1. The van der Waals surface area contributed by atoms with Gasteiger partial charge in [-0.25, -0.2) is 4.39 Å². The summed E-state index contributed by atoms with van der Waals surface area (Å²) in [6, 6.07) is 4.89. The minimum absolute atomic E-state index is 0.0958. The maximum Gasteiger partial charge on any atom is 0.308 e. The van der Waals surface area contributed by atoms with Gasteiger partial charge in [0.1, 0.15) is 5.82 Å². The third kappa shape index (κ3) is 2.98. The van der Waals surface area contributed by atoms with Crippen LogP contribution in [0.25, 0.3) is 0 Å². The molecule has 0 saturated carbocycles. The van der Waals surface area contributed by atoms with E-state index < -0.39 is 5.97 Å². The second-order valence-electron chi connectivity index (χ2n) is 5.22. The Bertz CT molecular complexity index is 494. The molecule has 5 heteroatoms. The highest BCUT2D eigenvalue weighted by Gasteiger charge is 2.37. The highest BCUT2D eigenvalue weighted by Crippen LogP contribution is 2.32. The summed E-state index contributed by atoms with van der Waals surface area (Å²) in [5, 5.41) is 9.14. The number of hydrogen-bond acceptors (Lipinski definition) is 2. The molecule has 2 rings (SSSR count). The highest BCUT2D eigenvalue weighted by atomic mass is 79.9. The van der Waals surface area contributed by atoms with E-state index >= 15 is 0 Å². The van der Waals surface area contributed by atoms with Crippen LogP contribution in [0.4, 0.5) is 4.39 Å². The van der Waals surface area contributed by atoms with Crippen LogP contribution in [0.1, 0.15) is 25.5 Å². The number of carboxylic acids is 1. The number of aliphatic carboxylic acids is 1. The maximum absolute atomic E-state index is 13.9. The Labute approximate surface area is 120 Å². The molecule has 1 aliphatic rings. The van der Waals surface area contributed by atoms with Crippen molar-refractivity contribution in [1.82, 2.24) is 4.90 Å². The Morgan fingerprint density at radius 2 is 2.21 bits per heavy atom. The third-order valence-corrected chi connectivity index (χ3v) is 4.41. The monoisotopic (exact) mass is 329 g/mol. The molecule has 1 saturated heterocycles. The first-order valence-corrected chi connectivity index (χ1v) is 7.11. The van der Waals surface area contributed by atoms with Crippen LogP contribution < -0.4 is 0 Å². The fraction of sp³-hybridized carbons (Fsp3) is 0.500. The van der Waals surface area contributed by atoms with Crippen LogP contribution in [0.5, 0.6) is 0 Å². The molecule has 3 unspecified atom stereocenters. The lowest BCUT2D eigenvalue weighted by atomic mass is 9.99. The van der Waals surface area contributed by atoms with Crippen molar-refractivity contribution in [2.45, 2.75) is 19.9 Å². The van der Waals surface area contributed by atoms with Gasteiger partial charge in [-0.15, -0.1) is 0 Å². The van der Waals surface area contributed by atoms with E-state index in [1.807, 2.05) is 24.8 Å². The van der Waals surface area contributed by atoms with Crippen LogP contribution in [0.15, 0.2) is 22.7 Å². The zero-order valence-electron chi connectivity index (χ0n) is 10.9. The first-order valence-electron chi connectivity index (χ1n) is 6.32. The van der Waals surface area contributed by atoms with Gasteiger partial charge < -0.3 is 5.11 Å². The molecule has 0 bridgehead atoms. The van der Waals surface area contributed by atoms with Crippen molar-refractivity contribution in [2.75, 3.05) is 13.1 Å². The van der Waals surface area contributed by atoms with Crippen molar-refractivity contribution in [3.8, 4) is 0 Å². The predicted molar refractivity (Wildman–Crippen MR) is 74.4 cm³/mol. The molecule has 3 atom stereocenters. The van der Waals surface area contributed by atoms with Crippen molar-refractivity contribution in [1.29, 1.82) is 0 Å². The van der Waals surface area contributed by atoms with Gasteiger partial charge in [0.05, 0.1) is 5.92 Å². The highest BCUT2D eigenvalue weighted by molar-refractivity contribution is 9.10. The van der Waals surface area contributed by atoms with Crippen LogP contribution in [0, 0.1) is 17.7 Å². The lowest BCUT2D eigenvalue weighted by Crippen LogP contribution is -2.26. The SMILES string of the molecule is CC1CN(C(C)c2ccc(Br)cc2F)CC1C(=O)O. The minimum Gasteiger partial charge on any atom is -0.481 e. The molecule has 3 nitrogen and oxygen atoms in total. The molecule has 0 radical (unpaired) electrons. The van der Waals surface area contributed by atoms with Crippen molar-refractivity contribution in [3.63, 3.8) is 0 Å². The third-order valence-electron chi connectivity index (χ3n) is 3.92. The molecule has 0 amide bonds. The average molecular weight is 330 g/mol. The standard InChI is InChI=1S/C14H17BrFNO2/c1-8-6-17(7-12(8)14(18)19)9(2)11-4-3-10(15)5-13(11)16/h3-5,8-9,12H,6-7H2,1-2H3,(H,18,19). The van der Waals surface area contributed by atoms with Crippen LogP contribution in [-0.2, 0) is 4.79 Å². The molecule has 0 spiro atoms. The number of carbonyl (C=O) groups is 1. The van der Waals surface area contributed by atoms with Gasteiger partial charge in [-0.3, -0.25) is 9.69 Å². The largest absolute Gasteiger partial charge is 0.481 e. The smallest absolute Gasteiger partial charge is 0.308 e. The molecule has 1 aliphatic heterocycles. The fourth-order valence-corrected chi connectivity index (χ4v) is 3.01. The number of rotatable bonds is 3. The lowest BCUT2D eigenvalue weighted by molar-refractivity contribution is -0.142. The van der Waals surface area contributed by atoms with E-state index in [0.717, 1.165) is 0 Å². The van der Waals surface area contributed by atoms with E-state index in [1.54, 1.807) is 6.07 Å². The fourth-order valence-electron chi connectivity index (χ4n) is 2.68. The molecule has 1 aromatic rings. The predicted octanol–water partition coefficient (Wildman–Crippen LogP) is 3.30. The molecule has 0 aliphatic carbocycles. The van der Waals surface area contributed by atoms with E-state index in [4.69, 9.17) is 5.11 Å². The summed E-state index contributed by atoms with van der Waals surface area (Å²) in [7, 11) is 0. The van der Waals surface area contributed by atoms with E-state index in [1.165, 1.54) is 6.07 Å². The summed E-state index contributed by atoms with van der Waals surface area (Å²) in [6.07, 6.45) is 0. The second-order valence-corrected chi connectivity index (χ2v) is 6.13. The number of halogens is 2. The number of likely N-dealkylation sites (tertiary alicyclic amines) is 1. The Morgan fingerprint density at radius 1 is 1.53 bits per heavy atom. The summed E-state index contributed by atoms with van der Waals surface area (Å²) >= 11 is 3.24. The van der Waals surface area contributed by atoms with Crippen LogP contribution in [0.3, 0.4) is 0 Å². The summed E-state index contributed by atoms with van der Waals surface area (Å²) in [4.78, 5) is 13.2. The lowest BCUT2D eigenvalue weighted by Gasteiger charge is -2.25. The van der Waals surface area contributed by atoms with Crippen molar-refractivity contribution >= 4 is 21.9 Å². The Kier molecular flexibility index (Phi) is 4.26. The van der Waals surface area contributed by atoms with Gasteiger partial charge in [-0.1, -0.05) is 28.9 Å². The molecule has 19 heavy (non-hydrogen) atoms. The Hall–Kier alpha value is -0.940. The first kappa shape index (κ1) is 14.5.